The van der Waals surface area contributed by atoms with Crippen LogP contribution in [0.2, 0.25) is 0 Å². The standard InChI is InChI=1S/C56H46N2S/c1-55(2)32-33-56(3,4)50-35-43(28-30-49(50)55)58-51-16-10-8-14-45(51)46-29-27-44(36-52(46)58)57(41-23-18-38(19-24-41)37-12-6-5-7-13-37)42-25-20-39(21-26-42)40-22-31-54-48(34-40)47-15-9-11-17-53(47)59-54/h5-31,34-36H,32-33H2,1-4H3. The number of hydrogen-bond donors (Lipinski definition) is 0. The van der Waals surface area contributed by atoms with Crippen LogP contribution in [0.25, 0.3) is 69.9 Å². The second-order valence-corrected chi connectivity index (χ2v) is 18.7. The summed E-state index contributed by atoms with van der Waals surface area (Å²) in [5.74, 6) is 0. The van der Waals surface area contributed by atoms with Gasteiger partial charge in [0.15, 0.2) is 0 Å². The highest BCUT2D eigenvalue weighted by molar-refractivity contribution is 7.25. The van der Waals surface area contributed by atoms with Crippen molar-refractivity contribution in [3.8, 4) is 27.9 Å². The number of benzene rings is 8. The molecule has 0 aliphatic heterocycles. The lowest BCUT2D eigenvalue weighted by Crippen LogP contribution is -2.33. The fourth-order valence-corrected chi connectivity index (χ4v) is 10.8. The van der Waals surface area contributed by atoms with E-state index in [1.54, 1.807) is 0 Å². The van der Waals surface area contributed by atoms with Crippen LogP contribution in [0.5, 0.6) is 0 Å². The van der Waals surface area contributed by atoms with E-state index in [4.69, 9.17) is 0 Å². The lowest BCUT2D eigenvalue weighted by molar-refractivity contribution is 0.332. The van der Waals surface area contributed by atoms with Crippen LogP contribution in [0.15, 0.2) is 182 Å². The van der Waals surface area contributed by atoms with Crippen molar-refractivity contribution in [2.24, 2.45) is 0 Å². The molecular weight excluding hydrogens is 733 g/mol. The molecule has 0 atom stereocenters. The van der Waals surface area contributed by atoms with Crippen molar-refractivity contribution in [1.29, 1.82) is 0 Å². The maximum absolute atomic E-state index is 2.50. The van der Waals surface area contributed by atoms with E-state index >= 15 is 0 Å². The second-order valence-electron chi connectivity index (χ2n) is 17.7. The molecule has 2 aromatic heterocycles. The van der Waals surface area contributed by atoms with Gasteiger partial charge in [-0.15, -0.1) is 11.3 Å². The monoisotopic (exact) mass is 778 g/mol. The van der Waals surface area contributed by atoms with Crippen LogP contribution in [0.1, 0.15) is 51.7 Å². The average molecular weight is 779 g/mol. The lowest BCUT2D eigenvalue weighted by atomic mass is 9.63. The van der Waals surface area contributed by atoms with Crippen LogP contribution in [0.4, 0.5) is 17.1 Å². The molecule has 0 spiro atoms. The Bertz CT molecular complexity index is 3200. The number of hydrogen-bond acceptors (Lipinski definition) is 2. The Hall–Kier alpha value is -6.42. The zero-order chi connectivity index (χ0) is 39.9. The summed E-state index contributed by atoms with van der Waals surface area (Å²) >= 11 is 1.87. The first-order chi connectivity index (χ1) is 28.7. The van der Waals surface area contributed by atoms with Gasteiger partial charge in [-0.05, 0) is 130 Å². The molecule has 1 aliphatic rings. The Morgan fingerprint density at radius 2 is 0.966 bits per heavy atom. The van der Waals surface area contributed by atoms with Crippen molar-refractivity contribution in [2.45, 2.75) is 51.4 Å². The van der Waals surface area contributed by atoms with Crippen molar-refractivity contribution in [3.63, 3.8) is 0 Å². The Morgan fingerprint density at radius 1 is 0.407 bits per heavy atom. The van der Waals surface area contributed by atoms with Gasteiger partial charge in [0.05, 0.1) is 11.0 Å². The zero-order valence-corrected chi connectivity index (χ0v) is 34.9. The SMILES string of the molecule is CC1(C)CCC(C)(C)c2cc(-n3c4ccccc4c4ccc(N(c5ccc(-c6ccccc6)cc5)c5ccc(-c6ccc7sc8ccccc8c7c6)cc5)cc43)ccc21. The van der Waals surface area contributed by atoms with Crippen LogP contribution in [-0.4, -0.2) is 4.57 Å². The first-order valence-corrected chi connectivity index (χ1v) is 21.7. The highest BCUT2D eigenvalue weighted by atomic mass is 32.1. The summed E-state index contributed by atoms with van der Waals surface area (Å²) in [7, 11) is 0. The topological polar surface area (TPSA) is 8.17 Å². The predicted molar refractivity (Wildman–Crippen MR) is 255 cm³/mol. The van der Waals surface area contributed by atoms with Crippen molar-refractivity contribution < 1.29 is 0 Å². The van der Waals surface area contributed by atoms with Crippen molar-refractivity contribution in [1.82, 2.24) is 4.57 Å². The van der Waals surface area contributed by atoms with E-state index in [9.17, 15) is 0 Å². The summed E-state index contributed by atoms with van der Waals surface area (Å²) in [5.41, 5.74) is 15.1. The fraction of sp³-hybridized carbons (Fsp3) is 0.143. The Labute approximate surface area is 350 Å². The van der Waals surface area contributed by atoms with E-state index in [1.807, 2.05) is 11.3 Å². The number of fused-ring (bicyclic) bond motifs is 7. The normalized spacial score (nSPS) is 14.6. The molecule has 0 radical (unpaired) electrons. The number of thiophene rings is 1. The van der Waals surface area contributed by atoms with Gasteiger partial charge in [0, 0.05) is 53.7 Å². The zero-order valence-electron chi connectivity index (χ0n) is 34.0. The molecule has 10 aromatic rings. The molecule has 1 aliphatic carbocycles. The lowest BCUT2D eigenvalue weighted by Gasteiger charge is -2.42. The van der Waals surface area contributed by atoms with Crippen LogP contribution in [0, 0.1) is 0 Å². The maximum atomic E-state index is 2.50. The third-order valence-corrected chi connectivity index (χ3v) is 14.2. The molecule has 59 heavy (non-hydrogen) atoms. The molecule has 3 heteroatoms. The molecule has 2 nitrogen and oxygen atoms in total. The summed E-state index contributed by atoms with van der Waals surface area (Å²) in [5, 5.41) is 5.17. The van der Waals surface area contributed by atoms with Gasteiger partial charge in [0.25, 0.3) is 0 Å². The average Bonchev–Trinajstić information content (AvgIpc) is 3.81. The van der Waals surface area contributed by atoms with E-state index in [0.717, 1.165) is 17.1 Å². The largest absolute Gasteiger partial charge is 0.310 e. The van der Waals surface area contributed by atoms with Gasteiger partial charge in [-0.3, -0.25) is 0 Å². The molecule has 0 unspecified atom stereocenters. The van der Waals surface area contributed by atoms with Gasteiger partial charge in [0.2, 0.25) is 0 Å². The van der Waals surface area contributed by atoms with Crippen molar-refractivity contribution in [3.05, 3.63) is 193 Å². The molecule has 0 bridgehead atoms. The number of para-hydroxylation sites is 1. The minimum absolute atomic E-state index is 0.114. The number of nitrogens with zero attached hydrogens (tertiary/aromatic N) is 2. The molecule has 0 amide bonds. The highest BCUT2D eigenvalue weighted by Gasteiger charge is 2.37. The molecule has 0 saturated heterocycles. The molecule has 0 fully saturated rings. The maximum Gasteiger partial charge on any atom is 0.0561 e. The second kappa shape index (κ2) is 13.6. The van der Waals surface area contributed by atoms with Crippen LogP contribution in [-0.2, 0) is 10.8 Å². The number of anilines is 3. The molecule has 2 heterocycles. The summed E-state index contributed by atoms with van der Waals surface area (Å²) in [4.78, 5) is 2.41. The number of rotatable bonds is 6. The summed E-state index contributed by atoms with van der Waals surface area (Å²) in [6.45, 7) is 9.66. The van der Waals surface area contributed by atoms with E-state index in [0.29, 0.717) is 0 Å². The molecule has 8 aromatic carbocycles. The van der Waals surface area contributed by atoms with Gasteiger partial charge in [0.1, 0.15) is 0 Å². The quantitative estimate of drug-likeness (QED) is 0.163. The van der Waals surface area contributed by atoms with Crippen LogP contribution in [0.3, 0.4) is 0 Å². The fourth-order valence-electron chi connectivity index (χ4n) is 9.68. The van der Waals surface area contributed by atoms with Gasteiger partial charge in [-0.25, -0.2) is 0 Å². The third-order valence-electron chi connectivity index (χ3n) is 13.1. The summed E-state index contributed by atoms with van der Waals surface area (Å²) in [6, 6.07) is 67.6. The van der Waals surface area contributed by atoms with Gasteiger partial charge in [-0.1, -0.05) is 137 Å². The number of aromatic nitrogens is 1. The molecule has 0 N–H and O–H groups in total. The highest BCUT2D eigenvalue weighted by Crippen LogP contribution is 2.48. The minimum Gasteiger partial charge on any atom is -0.310 e. The van der Waals surface area contributed by atoms with Crippen LogP contribution >= 0.6 is 11.3 Å². The third kappa shape index (κ3) is 5.98. The van der Waals surface area contributed by atoms with Crippen LogP contribution < -0.4 is 4.90 Å². The van der Waals surface area contributed by atoms with Gasteiger partial charge >= 0.3 is 0 Å². The Balaban J connectivity index is 1.07. The first kappa shape index (κ1) is 35.7. The van der Waals surface area contributed by atoms with Crippen molar-refractivity contribution in [2.75, 3.05) is 4.90 Å². The Kier molecular flexibility index (Phi) is 8.22. The van der Waals surface area contributed by atoms with E-state index in [1.165, 1.54) is 93.9 Å². The van der Waals surface area contributed by atoms with E-state index < -0.39 is 0 Å². The first-order valence-electron chi connectivity index (χ1n) is 20.9. The summed E-state index contributed by atoms with van der Waals surface area (Å²) < 4.78 is 5.16. The molecule has 286 valence electrons. The predicted octanol–water partition coefficient (Wildman–Crippen LogP) is 16.3. The molecule has 11 rings (SSSR count). The minimum atomic E-state index is 0.114. The smallest absolute Gasteiger partial charge is 0.0561 e. The summed E-state index contributed by atoms with van der Waals surface area (Å²) in [6.07, 6.45) is 2.39. The van der Waals surface area contributed by atoms with E-state index in [-0.39, 0.29) is 10.8 Å². The van der Waals surface area contributed by atoms with E-state index in [2.05, 4.69) is 219 Å². The molecule has 0 saturated carbocycles. The Morgan fingerprint density at radius 3 is 1.71 bits per heavy atom. The van der Waals surface area contributed by atoms with Gasteiger partial charge in [-0.2, -0.15) is 0 Å². The van der Waals surface area contributed by atoms with Crippen molar-refractivity contribution >= 4 is 70.4 Å². The van der Waals surface area contributed by atoms with Gasteiger partial charge < -0.3 is 9.47 Å². The molecular formula is C56H46N2S.